The molecule has 0 radical (unpaired) electrons. The molecule has 0 bridgehead atoms. The van der Waals surface area contributed by atoms with Gasteiger partial charge in [-0.3, -0.25) is 0 Å². The smallest absolute Gasteiger partial charge is 0.132 e. The highest BCUT2D eigenvalue weighted by molar-refractivity contribution is 5.81. The molecule has 0 saturated carbocycles. The fraction of sp³-hybridized carbons (Fsp3) is 0.357. The van der Waals surface area contributed by atoms with Crippen molar-refractivity contribution in [3.8, 4) is 0 Å². The van der Waals surface area contributed by atoms with Gasteiger partial charge in [-0.05, 0) is 18.6 Å². The number of aliphatic hydroxyl groups excluding tert-OH is 2. The standard InChI is InChI=1S/C14H18N2O2/c1-2-12(9-18)15-14-11(8-17)7-10-5-3-4-6-13(10)16-14/h3-7,12,17-18H,2,8-9H2,1H3,(H,15,16)/t12-/m0/s1. The Labute approximate surface area is 106 Å². The summed E-state index contributed by atoms with van der Waals surface area (Å²) in [7, 11) is 0. The number of nitrogens with one attached hydrogen (secondary N) is 1. The second-order valence-electron chi connectivity index (χ2n) is 4.28. The Balaban J connectivity index is 2.41. The Hall–Kier alpha value is -1.65. The molecule has 4 heteroatoms. The topological polar surface area (TPSA) is 65.4 Å². The van der Waals surface area contributed by atoms with Gasteiger partial charge < -0.3 is 15.5 Å². The highest BCUT2D eigenvalue weighted by Crippen LogP contribution is 2.21. The highest BCUT2D eigenvalue weighted by Gasteiger charge is 2.10. The summed E-state index contributed by atoms with van der Waals surface area (Å²) < 4.78 is 0. The van der Waals surface area contributed by atoms with Crippen molar-refractivity contribution >= 4 is 16.7 Å². The Bertz CT molecular complexity index is 524. The van der Waals surface area contributed by atoms with Crippen LogP contribution >= 0.6 is 0 Å². The summed E-state index contributed by atoms with van der Waals surface area (Å²) >= 11 is 0. The number of aliphatic hydroxyl groups is 2. The third-order valence-corrected chi connectivity index (χ3v) is 3.03. The van der Waals surface area contributed by atoms with Gasteiger partial charge in [-0.25, -0.2) is 4.98 Å². The molecule has 1 atom stereocenters. The van der Waals surface area contributed by atoms with Crippen LogP contribution in [0.1, 0.15) is 18.9 Å². The second-order valence-corrected chi connectivity index (χ2v) is 4.28. The molecule has 1 heterocycles. The minimum atomic E-state index is -0.0674. The molecule has 96 valence electrons. The van der Waals surface area contributed by atoms with Gasteiger partial charge in [-0.1, -0.05) is 25.1 Å². The van der Waals surface area contributed by atoms with E-state index in [0.717, 1.165) is 22.9 Å². The normalized spacial score (nSPS) is 12.6. The van der Waals surface area contributed by atoms with Gasteiger partial charge in [0.2, 0.25) is 0 Å². The van der Waals surface area contributed by atoms with E-state index in [2.05, 4.69) is 10.3 Å². The van der Waals surface area contributed by atoms with E-state index in [9.17, 15) is 10.2 Å². The molecule has 0 amide bonds. The van der Waals surface area contributed by atoms with Gasteiger partial charge in [0.05, 0.1) is 24.8 Å². The van der Waals surface area contributed by atoms with Gasteiger partial charge in [0.25, 0.3) is 0 Å². The van der Waals surface area contributed by atoms with Crippen LogP contribution in [0.25, 0.3) is 10.9 Å². The highest BCUT2D eigenvalue weighted by atomic mass is 16.3. The molecule has 4 nitrogen and oxygen atoms in total. The monoisotopic (exact) mass is 246 g/mol. The van der Waals surface area contributed by atoms with E-state index >= 15 is 0 Å². The lowest BCUT2D eigenvalue weighted by Gasteiger charge is -2.17. The average Bonchev–Trinajstić information content (AvgIpc) is 2.43. The Morgan fingerprint density at radius 2 is 2.06 bits per heavy atom. The van der Waals surface area contributed by atoms with E-state index in [-0.39, 0.29) is 19.3 Å². The van der Waals surface area contributed by atoms with Crippen LogP contribution < -0.4 is 5.32 Å². The summed E-state index contributed by atoms with van der Waals surface area (Å²) in [6, 6.07) is 9.66. The molecule has 0 spiro atoms. The molecule has 2 rings (SSSR count). The van der Waals surface area contributed by atoms with Crippen LogP contribution in [0.3, 0.4) is 0 Å². The zero-order valence-electron chi connectivity index (χ0n) is 10.4. The van der Waals surface area contributed by atoms with Crippen LogP contribution in [-0.4, -0.2) is 27.8 Å². The number of rotatable bonds is 5. The molecule has 3 N–H and O–H groups in total. The maximum Gasteiger partial charge on any atom is 0.132 e. The summed E-state index contributed by atoms with van der Waals surface area (Å²) in [5.41, 5.74) is 1.63. The zero-order chi connectivity index (χ0) is 13.0. The third-order valence-electron chi connectivity index (χ3n) is 3.03. The van der Waals surface area contributed by atoms with Crippen molar-refractivity contribution in [3.63, 3.8) is 0 Å². The SMILES string of the molecule is CC[C@@H](CO)Nc1nc2ccccc2cc1CO. The Morgan fingerprint density at radius 3 is 2.72 bits per heavy atom. The summed E-state index contributed by atoms with van der Waals surface area (Å²) in [6.07, 6.45) is 0.801. The van der Waals surface area contributed by atoms with E-state index in [1.165, 1.54) is 0 Å². The van der Waals surface area contributed by atoms with Crippen LogP contribution in [0.4, 0.5) is 5.82 Å². The summed E-state index contributed by atoms with van der Waals surface area (Å²) in [5, 5.41) is 22.8. The first kappa shape index (κ1) is 12.8. The van der Waals surface area contributed by atoms with Crippen molar-refractivity contribution in [1.29, 1.82) is 0 Å². The molecule has 0 aliphatic heterocycles. The van der Waals surface area contributed by atoms with E-state index in [4.69, 9.17) is 0 Å². The van der Waals surface area contributed by atoms with Gasteiger partial charge >= 0.3 is 0 Å². The molecule has 0 aliphatic rings. The molecule has 18 heavy (non-hydrogen) atoms. The van der Waals surface area contributed by atoms with E-state index in [0.29, 0.717) is 5.82 Å². The molecule has 0 unspecified atom stereocenters. The number of aromatic nitrogens is 1. The van der Waals surface area contributed by atoms with Gasteiger partial charge in [-0.15, -0.1) is 0 Å². The quantitative estimate of drug-likeness (QED) is 0.754. The molecule has 0 saturated heterocycles. The van der Waals surface area contributed by atoms with Crippen LogP contribution in [0.5, 0.6) is 0 Å². The molecule has 1 aromatic carbocycles. The lowest BCUT2D eigenvalue weighted by Crippen LogP contribution is -2.24. The predicted molar refractivity (Wildman–Crippen MR) is 72.5 cm³/mol. The zero-order valence-corrected chi connectivity index (χ0v) is 10.4. The van der Waals surface area contributed by atoms with Crippen molar-refractivity contribution < 1.29 is 10.2 Å². The Kier molecular flexibility index (Phi) is 4.12. The summed E-state index contributed by atoms with van der Waals surface area (Å²) in [5.74, 6) is 0.650. The van der Waals surface area contributed by atoms with Crippen molar-refractivity contribution in [3.05, 3.63) is 35.9 Å². The number of anilines is 1. The van der Waals surface area contributed by atoms with Gasteiger partial charge in [0.1, 0.15) is 5.82 Å². The van der Waals surface area contributed by atoms with E-state index in [1.807, 2.05) is 37.3 Å². The molecule has 2 aromatic rings. The number of benzene rings is 1. The van der Waals surface area contributed by atoms with Crippen LogP contribution in [0, 0.1) is 0 Å². The van der Waals surface area contributed by atoms with Crippen molar-refractivity contribution in [2.45, 2.75) is 26.0 Å². The minimum absolute atomic E-state index is 0.0380. The first-order valence-corrected chi connectivity index (χ1v) is 6.15. The molecule has 0 fully saturated rings. The van der Waals surface area contributed by atoms with Crippen molar-refractivity contribution in [2.75, 3.05) is 11.9 Å². The maximum absolute atomic E-state index is 9.39. The minimum Gasteiger partial charge on any atom is -0.394 e. The number of hydrogen-bond donors (Lipinski definition) is 3. The van der Waals surface area contributed by atoms with E-state index in [1.54, 1.807) is 0 Å². The number of hydrogen-bond acceptors (Lipinski definition) is 4. The number of pyridine rings is 1. The van der Waals surface area contributed by atoms with E-state index < -0.39 is 0 Å². The number of nitrogens with zero attached hydrogens (tertiary/aromatic N) is 1. The fourth-order valence-electron chi connectivity index (χ4n) is 1.88. The Morgan fingerprint density at radius 1 is 1.28 bits per heavy atom. The predicted octanol–water partition coefficient (Wildman–Crippen LogP) is 1.91. The lowest BCUT2D eigenvalue weighted by atomic mass is 10.1. The largest absolute Gasteiger partial charge is 0.394 e. The fourth-order valence-corrected chi connectivity index (χ4v) is 1.88. The van der Waals surface area contributed by atoms with Gasteiger partial charge in [-0.2, -0.15) is 0 Å². The molecular weight excluding hydrogens is 228 g/mol. The second kappa shape index (κ2) is 5.80. The van der Waals surface area contributed by atoms with Gasteiger partial charge in [0, 0.05) is 10.9 Å². The number of para-hydroxylation sites is 1. The average molecular weight is 246 g/mol. The van der Waals surface area contributed by atoms with Crippen LogP contribution in [-0.2, 0) is 6.61 Å². The summed E-state index contributed by atoms with van der Waals surface area (Å²) in [6.45, 7) is 1.98. The molecule has 0 aliphatic carbocycles. The first-order chi connectivity index (χ1) is 8.78. The third kappa shape index (κ3) is 2.60. The van der Waals surface area contributed by atoms with Crippen molar-refractivity contribution in [1.82, 2.24) is 4.98 Å². The molecular formula is C14H18N2O2. The van der Waals surface area contributed by atoms with Gasteiger partial charge in [0.15, 0.2) is 0 Å². The maximum atomic E-state index is 9.39. The summed E-state index contributed by atoms with van der Waals surface area (Å²) in [4.78, 5) is 4.50. The van der Waals surface area contributed by atoms with Crippen molar-refractivity contribution in [2.24, 2.45) is 0 Å². The number of fused-ring (bicyclic) bond motifs is 1. The molecule has 1 aromatic heterocycles. The lowest BCUT2D eigenvalue weighted by molar-refractivity contribution is 0.269. The van der Waals surface area contributed by atoms with Crippen LogP contribution in [0.15, 0.2) is 30.3 Å². The first-order valence-electron chi connectivity index (χ1n) is 6.15. The van der Waals surface area contributed by atoms with Crippen LogP contribution in [0.2, 0.25) is 0 Å².